The van der Waals surface area contributed by atoms with Crippen molar-refractivity contribution in [2.24, 2.45) is 0 Å². The van der Waals surface area contributed by atoms with Gasteiger partial charge in [0.25, 0.3) is 0 Å². The fourth-order valence-electron chi connectivity index (χ4n) is 2.93. The van der Waals surface area contributed by atoms with Crippen LogP contribution in [0.25, 0.3) is 0 Å². The van der Waals surface area contributed by atoms with E-state index in [4.69, 9.17) is 4.74 Å². The van der Waals surface area contributed by atoms with Gasteiger partial charge in [0.2, 0.25) is 0 Å². The van der Waals surface area contributed by atoms with Gasteiger partial charge in [0.15, 0.2) is 0 Å². The summed E-state index contributed by atoms with van der Waals surface area (Å²) in [5.74, 6) is 0. The minimum absolute atomic E-state index is 0.375. The first kappa shape index (κ1) is 18.2. The largest absolute Gasteiger partial charge is 0.389 e. The van der Waals surface area contributed by atoms with Crippen LogP contribution >= 0.6 is 0 Å². The van der Waals surface area contributed by atoms with Gasteiger partial charge in [-0.2, -0.15) is 0 Å². The molecule has 1 aliphatic rings. The molecule has 0 aromatic heterocycles. The third kappa shape index (κ3) is 5.79. The summed E-state index contributed by atoms with van der Waals surface area (Å²) in [6, 6.07) is 6.70. The zero-order valence-corrected chi connectivity index (χ0v) is 14.9. The Morgan fingerprint density at radius 2 is 1.87 bits per heavy atom. The lowest BCUT2D eigenvalue weighted by Crippen LogP contribution is -2.49. The van der Waals surface area contributed by atoms with E-state index in [0.29, 0.717) is 13.2 Å². The van der Waals surface area contributed by atoms with E-state index in [1.165, 1.54) is 16.8 Å². The molecular formula is C19H32N2O2. The van der Waals surface area contributed by atoms with E-state index >= 15 is 0 Å². The molecular weight excluding hydrogens is 288 g/mol. The SMILES string of the molecule is CCCCOCC(O)CN1CCN(c2ccc(C)c(C)c2)CC1. The standard InChI is InChI=1S/C19H32N2O2/c1-4-5-12-23-15-19(22)14-20-8-10-21(11-9-20)18-7-6-16(2)17(3)13-18/h6-7,13,19,22H,4-5,8-12,14-15H2,1-3H3. The van der Waals surface area contributed by atoms with Gasteiger partial charge in [0, 0.05) is 45.0 Å². The minimum atomic E-state index is -0.375. The molecule has 0 spiro atoms. The molecule has 1 fully saturated rings. The molecule has 0 amide bonds. The first-order valence-electron chi connectivity index (χ1n) is 8.90. The van der Waals surface area contributed by atoms with Crippen molar-refractivity contribution in [2.45, 2.75) is 39.7 Å². The molecule has 1 aromatic rings. The van der Waals surface area contributed by atoms with Crippen LogP contribution in [0.1, 0.15) is 30.9 Å². The molecule has 1 saturated heterocycles. The minimum Gasteiger partial charge on any atom is -0.389 e. The van der Waals surface area contributed by atoms with Crippen molar-refractivity contribution < 1.29 is 9.84 Å². The number of aliphatic hydroxyl groups excluding tert-OH is 1. The summed E-state index contributed by atoms with van der Waals surface area (Å²) in [7, 11) is 0. The predicted octanol–water partition coefficient (Wildman–Crippen LogP) is 2.60. The molecule has 23 heavy (non-hydrogen) atoms. The summed E-state index contributed by atoms with van der Waals surface area (Å²) in [6.07, 6.45) is 1.83. The van der Waals surface area contributed by atoms with Gasteiger partial charge in [-0.25, -0.2) is 0 Å². The highest BCUT2D eigenvalue weighted by Gasteiger charge is 2.19. The molecule has 1 atom stereocenters. The molecule has 1 unspecified atom stereocenters. The van der Waals surface area contributed by atoms with Gasteiger partial charge in [-0.1, -0.05) is 19.4 Å². The van der Waals surface area contributed by atoms with Crippen molar-refractivity contribution in [2.75, 3.05) is 50.8 Å². The normalized spacial score (nSPS) is 17.5. The monoisotopic (exact) mass is 320 g/mol. The fraction of sp³-hybridized carbons (Fsp3) is 0.684. The number of aryl methyl sites for hydroxylation is 2. The third-order valence-corrected chi connectivity index (χ3v) is 4.65. The number of aliphatic hydroxyl groups is 1. The molecule has 0 aliphatic carbocycles. The molecule has 1 heterocycles. The topological polar surface area (TPSA) is 35.9 Å². The molecule has 2 rings (SSSR count). The molecule has 4 heteroatoms. The number of hydrogen-bond donors (Lipinski definition) is 1. The van der Waals surface area contributed by atoms with Crippen LogP contribution in [0.5, 0.6) is 0 Å². The van der Waals surface area contributed by atoms with Gasteiger partial charge in [0.1, 0.15) is 0 Å². The summed E-state index contributed by atoms with van der Waals surface area (Å²) in [4.78, 5) is 4.78. The van der Waals surface area contributed by atoms with Crippen molar-refractivity contribution in [1.82, 2.24) is 4.90 Å². The predicted molar refractivity (Wildman–Crippen MR) is 96.3 cm³/mol. The smallest absolute Gasteiger partial charge is 0.0900 e. The van der Waals surface area contributed by atoms with E-state index in [1.807, 2.05) is 0 Å². The summed E-state index contributed by atoms with van der Waals surface area (Å²) in [5.41, 5.74) is 4.01. The van der Waals surface area contributed by atoms with Crippen molar-refractivity contribution in [3.05, 3.63) is 29.3 Å². The molecule has 0 saturated carbocycles. The van der Waals surface area contributed by atoms with Gasteiger partial charge >= 0.3 is 0 Å². The fourth-order valence-corrected chi connectivity index (χ4v) is 2.93. The molecule has 4 nitrogen and oxygen atoms in total. The van der Waals surface area contributed by atoms with Crippen LogP contribution in [0.15, 0.2) is 18.2 Å². The van der Waals surface area contributed by atoms with Gasteiger partial charge in [-0.05, 0) is 43.5 Å². The summed E-state index contributed by atoms with van der Waals surface area (Å²) in [6.45, 7) is 12.4. The highest BCUT2D eigenvalue weighted by Crippen LogP contribution is 2.20. The lowest BCUT2D eigenvalue weighted by atomic mass is 10.1. The second-order valence-electron chi connectivity index (χ2n) is 6.64. The maximum Gasteiger partial charge on any atom is 0.0900 e. The molecule has 1 N–H and O–H groups in total. The summed E-state index contributed by atoms with van der Waals surface area (Å²) in [5, 5.41) is 10.1. The van der Waals surface area contributed by atoms with Crippen molar-refractivity contribution in [3.8, 4) is 0 Å². The first-order chi connectivity index (χ1) is 11.1. The van der Waals surface area contributed by atoms with Crippen molar-refractivity contribution in [1.29, 1.82) is 0 Å². The van der Waals surface area contributed by atoms with E-state index in [9.17, 15) is 5.11 Å². The molecule has 0 radical (unpaired) electrons. The van der Waals surface area contributed by atoms with Gasteiger partial charge < -0.3 is 14.7 Å². The zero-order valence-electron chi connectivity index (χ0n) is 14.9. The molecule has 1 aromatic carbocycles. The average Bonchev–Trinajstić information content (AvgIpc) is 2.55. The lowest BCUT2D eigenvalue weighted by Gasteiger charge is -2.37. The maximum absolute atomic E-state index is 10.1. The number of piperazine rings is 1. The molecule has 1 aliphatic heterocycles. The van der Waals surface area contributed by atoms with Crippen LogP contribution < -0.4 is 4.90 Å². The number of hydrogen-bond acceptors (Lipinski definition) is 4. The number of ether oxygens (including phenoxy) is 1. The average molecular weight is 320 g/mol. The number of nitrogens with zero attached hydrogens (tertiary/aromatic N) is 2. The van der Waals surface area contributed by atoms with E-state index in [1.54, 1.807) is 0 Å². The highest BCUT2D eigenvalue weighted by molar-refractivity contribution is 5.51. The number of unbranched alkanes of at least 4 members (excludes halogenated alkanes) is 1. The highest BCUT2D eigenvalue weighted by atomic mass is 16.5. The van der Waals surface area contributed by atoms with E-state index in [-0.39, 0.29) is 6.10 Å². The number of anilines is 1. The van der Waals surface area contributed by atoms with Gasteiger partial charge in [-0.3, -0.25) is 4.90 Å². The summed E-state index contributed by atoms with van der Waals surface area (Å²) >= 11 is 0. The Kier molecular flexibility index (Phi) is 7.34. The second kappa shape index (κ2) is 9.26. The van der Waals surface area contributed by atoms with Crippen LogP contribution in [0.4, 0.5) is 5.69 Å². The molecule has 0 bridgehead atoms. The number of β-amino-alcohol motifs (C(OH)–C–C–N with tert-alkyl or cyclic N) is 1. The quantitative estimate of drug-likeness (QED) is 0.747. The molecule has 130 valence electrons. The van der Waals surface area contributed by atoms with Crippen LogP contribution in [0.3, 0.4) is 0 Å². The Hall–Kier alpha value is -1.10. The third-order valence-electron chi connectivity index (χ3n) is 4.65. The van der Waals surface area contributed by atoms with Crippen LogP contribution in [0, 0.1) is 13.8 Å². The van der Waals surface area contributed by atoms with E-state index < -0.39 is 0 Å². The number of rotatable bonds is 8. The van der Waals surface area contributed by atoms with Gasteiger partial charge in [-0.15, -0.1) is 0 Å². The Morgan fingerprint density at radius 1 is 1.13 bits per heavy atom. The van der Waals surface area contributed by atoms with Crippen LogP contribution in [-0.4, -0.2) is 62.0 Å². The zero-order chi connectivity index (χ0) is 16.7. The van der Waals surface area contributed by atoms with Crippen molar-refractivity contribution >= 4 is 5.69 Å². The number of benzene rings is 1. The lowest BCUT2D eigenvalue weighted by molar-refractivity contribution is 0.0150. The summed E-state index contributed by atoms with van der Waals surface area (Å²) < 4.78 is 5.51. The Bertz CT molecular complexity index is 470. The van der Waals surface area contributed by atoms with Crippen LogP contribution in [-0.2, 0) is 4.74 Å². The van der Waals surface area contributed by atoms with E-state index in [2.05, 4.69) is 48.8 Å². The van der Waals surface area contributed by atoms with Crippen LogP contribution in [0.2, 0.25) is 0 Å². The maximum atomic E-state index is 10.1. The second-order valence-corrected chi connectivity index (χ2v) is 6.64. The van der Waals surface area contributed by atoms with Gasteiger partial charge in [0.05, 0.1) is 12.7 Å². The van der Waals surface area contributed by atoms with E-state index in [0.717, 1.165) is 45.6 Å². The Balaban J connectivity index is 1.72. The Morgan fingerprint density at radius 3 is 2.52 bits per heavy atom. The first-order valence-corrected chi connectivity index (χ1v) is 8.90. The Labute approximate surface area is 141 Å². The van der Waals surface area contributed by atoms with Crippen molar-refractivity contribution in [3.63, 3.8) is 0 Å².